The van der Waals surface area contributed by atoms with E-state index in [9.17, 15) is 0 Å². The molecule has 0 aliphatic rings. The van der Waals surface area contributed by atoms with Crippen molar-refractivity contribution < 1.29 is 9.73 Å². The fourth-order valence-corrected chi connectivity index (χ4v) is 4.02. The van der Waals surface area contributed by atoms with Gasteiger partial charge in [0.05, 0.1) is 6.04 Å². The standard InChI is InChI=1S/C23H29NO/c1-16(15-23(4,5)22-14-13-17(2)25-22)24-18(3)20-12-8-10-19-9-6-7-11-21(19)20/h6-14,16,18,24H,15H2,1-5H3/p+1/t16-,18+/m0/s1. The smallest absolute Gasteiger partial charge is 0.109 e. The van der Waals surface area contributed by atoms with Gasteiger partial charge in [-0.1, -0.05) is 56.3 Å². The summed E-state index contributed by atoms with van der Waals surface area (Å²) in [6.45, 7) is 11.2. The van der Waals surface area contributed by atoms with E-state index in [1.807, 2.05) is 6.92 Å². The minimum absolute atomic E-state index is 0.0443. The Bertz CT molecular complexity index is 841. The molecule has 0 unspecified atom stereocenters. The molecule has 132 valence electrons. The van der Waals surface area contributed by atoms with Crippen LogP contribution in [-0.2, 0) is 5.41 Å². The molecule has 0 spiro atoms. The first-order valence-electron chi connectivity index (χ1n) is 9.26. The van der Waals surface area contributed by atoms with E-state index in [4.69, 9.17) is 4.42 Å². The van der Waals surface area contributed by atoms with Crippen LogP contribution in [0.5, 0.6) is 0 Å². The molecule has 2 heteroatoms. The largest absolute Gasteiger partial charge is 0.466 e. The van der Waals surface area contributed by atoms with E-state index in [1.165, 1.54) is 16.3 Å². The zero-order valence-corrected chi connectivity index (χ0v) is 16.0. The number of rotatable bonds is 6. The second kappa shape index (κ2) is 7.05. The number of fused-ring (bicyclic) bond motifs is 1. The van der Waals surface area contributed by atoms with E-state index < -0.39 is 0 Å². The molecule has 3 aromatic rings. The molecule has 2 aromatic carbocycles. The van der Waals surface area contributed by atoms with Crippen molar-refractivity contribution in [2.24, 2.45) is 0 Å². The predicted octanol–water partition coefficient (Wildman–Crippen LogP) is 5.12. The average molecular weight is 336 g/mol. The molecule has 0 fully saturated rings. The lowest BCUT2D eigenvalue weighted by Crippen LogP contribution is -2.90. The molecule has 3 rings (SSSR count). The molecule has 0 aliphatic heterocycles. The minimum atomic E-state index is 0.0443. The Hall–Kier alpha value is -2.06. The Labute approximate surface area is 151 Å². The number of furan rings is 1. The highest BCUT2D eigenvalue weighted by Gasteiger charge is 2.29. The number of nitrogens with two attached hydrogens (primary N) is 1. The molecule has 2 atom stereocenters. The van der Waals surface area contributed by atoms with E-state index >= 15 is 0 Å². The number of hydrogen-bond donors (Lipinski definition) is 1. The van der Waals surface area contributed by atoms with Gasteiger partial charge in [0.1, 0.15) is 17.6 Å². The lowest BCUT2D eigenvalue weighted by molar-refractivity contribution is -0.723. The van der Waals surface area contributed by atoms with Crippen LogP contribution in [0.15, 0.2) is 59.0 Å². The van der Waals surface area contributed by atoms with Crippen LogP contribution in [0.3, 0.4) is 0 Å². The van der Waals surface area contributed by atoms with Gasteiger partial charge in [-0.3, -0.25) is 0 Å². The Balaban J connectivity index is 1.73. The van der Waals surface area contributed by atoms with E-state index in [0.29, 0.717) is 12.1 Å². The molecule has 0 bridgehead atoms. The predicted molar refractivity (Wildman–Crippen MR) is 105 cm³/mol. The summed E-state index contributed by atoms with van der Waals surface area (Å²) in [5.41, 5.74) is 1.46. The van der Waals surface area contributed by atoms with E-state index in [-0.39, 0.29) is 5.41 Å². The van der Waals surface area contributed by atoms with Crippen molar-refractivity contribution in [2.75, 3.05) is 0 Å². The van der Waals surface area contributed by atoms with Gasteiger partial charge in [0.2, 0.25) is 0 Å². The van der Waals surface area contributed by atoms with E-state index in [0.717, 1.165) is 17.9 Å². The molecule has 0 amide bonds. The highest BCUT2D eigenvalue weighted by Crippen LogP contribution is 2.29. The van der Waals surface area contributed by atoms with Gasteiger partial charge < -0.3 is 9.73 Å². The van der Waals surface area contributed by atoms with E-state index in [1.54, 1.807) is 0 Å². The molecule has 0 saturated heterocycles. The third-order valence-electron chi connectivity index (χ3n) is 5.17. The fourth-order valence-electron chi connectivity index (χ4n) is 4.02. The Morgan fingerprint density at radius 1 is 0.960 bits per heavy atom. The maximum Gasteiger partial charge on any atom is 0.109 e. The van der Waals surface area contributed by atoms with Crippen molar-refractivity contribution in [1.82, 2.24) is 0 Å². The number of quaternary nitrogens is 1. The minimum Gasteiger partial charge on any atom is -0.466 e. The first-order chi connectivity index (χ1) is 11.9. The average Bonchev–Trinajstić information content (AvgIpc) is 3.01. The molecule has 2 nitrogen and oxygen atoms in total. The van der Waals surface area contributed by atoms with E-state index in [2.05, 4.69) is 87.6 Å². The lowest BCUT2D eigenvalue weighted by atomic mass is 9.83. The lowest BCUT2D eigenvalue weighted by Gasteiger charge is -2.27. The van der Waals surface area contributed by atoms with Gasteiger partial charge >= 0.3 is 0 Å². The molecular formula is C23H30NO+. The molecule has 0 saturated carbocycles. The van der Waals surface area contributed by atoms with Gasteiger partial charge in [0, 0.05) is 17.4 Å². The molecule has 0 radical (unpaired) electrons. The summed E-state index contributed by atoms with van der Waals surface area (Å²) in [5, 5.41) is 5.17. The number of hydrogen-bond acceptors (Lipinski definition) is 1. The topological polar surface area (TPSA) is 29.8 Å². The Morgan fingerprint density at radius 3 is 2.40 bits per heavy atom. The first-order valence-corrected chi connectivity index (χ1v) is 9.26. The number of benzene rings is 2. The SMILES string of the molecule is Cc1ccc(C(C)(C)C[C@H](C)[NH2+][C@H](C)c2cccc3ccccc23)o1. The molecule has 25 heavy (non-hydrogen) atoms. The number of aryl methyl sites for hydroxylation is 1. The third kappa shape index (κ3) is 3.96. The normalized spacial score (nSPS) is 14.6. The van der Waals surface area contributed by atoms with Gasteiger partial charge in [-0.2, -0.15) is 0 Å². The molecule has 1 aromatic heterocycles. The maximum absolute atomic E-state index is 5.88. The summed E-state index contributed by atoms with van der Waals surface area (Å²) in [6, 6.07) is 20.4. The molecular weight excluding hydrogens is 306 g/mol. The van der Waals surface area contributed by atoms with Gasteiger partial charge in [-0.15, -0.1) is 0 Å². The zero-order valence-electron chi connectivity index (χ0n) is 16.0. The summed E-state index contributed by atoms with van der Waals surface area (Å²) in [7, 11) is 0. The van der Waals surface area contributed by atoms with Crippen LogP contribution in [-0.4, -0.2) is 6.04 Å². The summed E-state index contributed by atoms with van der Waals surface area (Å²) >= 11 is 0. The van der Waals surface area contributed by atoms with Crippen molar-refractivity contribution in [1.29, 1.82) is 0 Å². The van der Waals surface area contributed by atoms with Gasteiger partial charge in [-0.25, -0.2) is 0 Å². The highest BCUT2D eigenvalue weighted by molar-refractivity contribution is 5.85. The van der Waals surface area contributed by atoms with Gasteiger partial charge in [0.15, 0.2) is 0 Å². The van der Waals surface area contributed by atoms with Crippen molar-refractivity contribution in [3.8, 4) is 0 Å². The summed E-state index contributed by atoms with van der Waals surface area (Å²) in [5.74, 6) is 2.08. The van der Waals surface area contributed by atoms with Crippen LogP contribution in [0, 0.1) is 6.92 Å². The fraction of sp³-hybridized carbons (Fsp3) is 0.391. The Morgan fingerprint density at radius 2 is 1.68 bits per heavy atom. The zero-order chi connectivity index (χ0) is 18.0. The summed E-state index contributed by atoms with van der Waals surface area (Å²) in [6.07, 6.45) is 1.08. The van der Waals surface area contributed by atoms with Crippen LogP contribution in [0.2, 0.25) is 0 Å². The molecule has 0 aliphatic carbocycles. The quantitative estimate of drug-likeness (QED) is 0.665. The van der Waals surface area contributed by atoms with Crippen molar-refractivity contribution in [3.63, 3.8) is 0 Å². The van der Waals surface area contributed by atoms with Crippen LogP contribution < -0.4 is 5.32 Å². The summed E-state index contributed by atoms with van der Waals surface area (Å²) < 4.78 is 5.88. The van der Waals surface area contributed by atoms with Crippen LogP contribution >= 0.6 is 0 Å². The summed E-state index contributed by atoms with van der Waals surface area (Å²) in [4.78, 5) is 0. The molecule has 1 heterocycles. The van der Waals surface area contributed by atoms with Gasteiger partial charge in [-0.05, 0) is 43.7 Å². The van der Waals surface area contributed by atoms with Crippen molar-refractivity contribution in [2.45, 2.75) is 58.5 Å². The van der Waals surface area contributed by atoms with Crippen LogP contribution in [0.1, 0.15) is 57.2 Å². The third-order valence-corrected chi connectivity index (χ3v) is 5.17. The van der Waals surface area contributed by atoms with Crippen LogP contribution in [0.25, 0.3) is 10.8 Å². The molecule has 2 N–H and O–H groups in total. The highest BCUT2D eigenvalue weighted by atomic mass is 16.3. The van der Waals surface area contributed by atoms with Crippen LogP contribution in [0.4, 0.5) is 0 Å². The van der Waals surface area contributed by atoms with Crippen molar-refractivity contribution in [3.05, 3.63) is 71.7 Å². The Kier molecular flexibility index (Phi) is 5.01. The monoisotopic (exact) mass is 336 g/mol. The second-order valence-corrected chi connectivity index (χ2v) is 8.03. The van der Waals surface area contributed by atoms with Crippen molar-refractivity contribution >= 4 is 10.8 Å². The maximum atomic E-state index is 5.88. The first kappa shape index (κ1) is 17.8. The second-order valence-electron chi connectivity index (χ2n) is 8.03. The van der Waals surface area contributed by atoms with Gasteiger partial charge in [0.25, 0.3) is 0 Å².